The second-order valence-electron chi connectivity index (χ2n) is 5.41. The minimum atomic E-state index is -4.27. The molecule has 0 radical (unpaired) electrons. The quantitative estimate of drug-likeness (QED) is 0.838. The molecule has 0 saturated carbocycles. The van der Waals surface area contributed by atoms with E-state index in [0.29, 0.717) is 13.1 Å². The van der Waals surface area contributed by atoms with Crippen molar-refractivity contribution in [3.8, 4) is 0 Å². The van der Waals surface area contributed by atoms with E-state index in [9.17, 15) is 18.0 Å². The van der Waals surface area contributed by atoms with Crippen LogP contribution in [0.4, 0.5) is 13.2 Å². The Kier molecular flexibility index (Phi) is 5.25. The first-order valence-corrected chi connectivity index (χ1v) is 7.29. The van der Waals surface area contributed by atoms with E-state index in [2.05, 4.69) is 5.10 Å². The summed E-state index contributed by atoms with van der Waals surface area (Å²) < 4.78 is 38.5. The standard InChI is InChI=1S/C14H20F3N3O/c15-14(16,17)7-5-13(21)20-10-2-1-4-12(20)6-11-19-9-3-8-18-19/h3,8-9,12H,1-2,4-7,10-11H2. The van der Waals surface area contributed by atoms with Crippen molar-refractivity contribution < 1.29 is 18.0 Å². The number of alkyl halides is 3. The van der Waals surface area contributed by atoms with Gasteiger partial charge in [-0.3, -0.25) is 9.48 Å². The fraction of sp³-hybridized carbons (Fsp3) is 0.714. The minimum Gasteiger partial charge on any atom is -0.340 e. The molecule has 2 heterocycles. The van der Waals surface area contributed by atoms with Gasteiger partial charge in [0.1, 0.15) is 0 Å². The normalized spacial score (nSPS) is 19.8. The lowest BCUT2D eigenvalue weighted by atomic mass is 9.98. The van der Waals surface area contributed by atoms with Crippen LogP contribution in [-0.2, 0) is 11.3 Å². The monoisotopic (exact) mass is 303 g/mol. The van der Waals surface area contributed by atoms with E-state index in [-0.39, 0.29) is 11.9 Å². The first-order chi connectivity index (χ1) is 9.96. The van der Waals surface area contributed by atoms with Crippen LogP contribution < -0.4 is 0 Å². The van der Waals surface area contributed by atoms with Gasteiger partial charge >= 0.3 is 6.18 Å². The number of nitrogens with zero attached hydrogens (tertiary/aromatic N) is 3. The molecule has 0 aliphatic carbocycles. The number of hydrogen-bond donors (Lipinski definition) is 0. The molecule has 0 N–H and O–H groups in total. The van der Waals surface area contributed by atoms with Gasteiger partial charge in [-0.1, -0.05) is 0 Å². The molecule has 1 amide bonds. The molecule has 7 heteroatoms. The van der Waals surface area contributed by atoms with Crippen molar-refractivity contribution in [2.45, 2.75) is 57.3 Å². The second kappa shape index (κ2) is 6.95. The predicted octanol–water partition coefficient (Wildman–Crippen LogP) is 3.00. The zero-order valence-corrected chi connectivity index (χ0v) is 11.9. The molecule has 0 bridgehead atoms. The molecule has 1 aliphatic rings. The number of rotatable bonds is 5. The van der Waals surface area contributed by atoms with Crippen molar-refractivity contribution in [1.82, 2.24) is 14.7 Å². The molecule has 1 aromatic rings. The van der Waals surface area contributed by atoms with Gasteiger partial charge in [-0.05, 0) is 31.7 Å². The van der Waals surface area contributed by atoms with Crippen LogP contribution in [0.2, 0.25) is 0 Å². The maximum atomic E-state index is 12.2. The number of hydrogen-bond acceptors (Lipinski definition) is 2. The molecule has 1 fully saturated rings. The summed E-state index contributed by atoms with van der Waals surface area (Å²) in [7, 11) is 0. The van der Waals surface area contributed by atoms with Gasteiger partial charge < -0.3 is 4.90 Å². The van der Waals surface area contributed by atoms with Crippen molar-refractivity contribution in [1.29, 1.82) is 0 Å². The van der Waals surface area contributed by atoms with Crippen molar-refractivity contribution >= 4 is 5.91 Å². The van der Waals surface area contributed by atoms with Gasteiger partial charge in [0.2, 0.25) is 5.91 Å². The van der Waals surface area contributed by atoms with E-state index in [1.165, 1.54) is 0 Å². The van der Waals surface area contributed by atoms with Gasteiger partial charge in [0.05, 0.1) is 6.42 Å². The molecule has 1 saturated heterocycles. The van der Waals surface area contributed by atoms with Gasteiger partial charge in [0, 0.05) is 37.9 Å². The summed E-state index contributed by atoms with van der Waals surface area (Å²) >= 11 is 0. The molecule has 4 nitrogen and oxygen atoms in total. The SMILES string of the molecule is O=C(CCC(F)(F)F)N1CCCCC1CCn1cccn1. The summed E-state index contributed by atoms with van der Waals surface area (Å²) in [6.45, 7) is 1.25. The summed E-state index contributed by atoms with van der Waals surface area (Å²) in [6, 6.07) is 1.86. The molecular weight excluding hydrogens is 283 g/mol. The first-order valence-electron chi connectivity index (χ1n) is 7.29. The summed E-state index contributed by atoms with van der Waals surface area (Å²) in [6.07, 6.45) is 1.28. The number of halogens is 3. The topological polar surface area (TPSA) is 38.1 Å². The maximum absolute atomic E-state index is 12.2. The van der Waals surface area contributed by atoms with Crippen LogP contribution in [-0.4, -0.2) is 39.4 Å². The molecule has 2 rings (SSSR count). The number of aromatic nitrogens is 2. The van der Waals surface area contributed by atoms with E-state index in [1.807, 2.05) is 12.3 Å². The van der Waals surface area contributed by atoms with Crippen LogP contribution in [0.3, 0.4) is 0 Å². The van der Waals surface area contributed by atoms with Gasteiger partial charge in [-0.2, -0.15) is 18.3 Å². The van der Waals surface area contributed by atoms with Crippen LogP contribution in [0.5, 0.6) is 0 Å². The lowest BCUT2D eigenvalue weighted by Crippen LogP contribution is -2.44. The molecule has 0 spiro atoms. The highest BCUT2D eigenvalue weighted by molar-refractivity contribution is 5.76. The Bertz CT molecular complexity index is 445. The Morgan fingerprint density at radius 3 is 2.81 bits per heavy atom. The van der Waals surface area contributed by atoms with Gasteiger partial charge in [0.15, 0.2) is 0 Å². The number of carbonyl (C=O) groups excluding carboxylic acids is 1. The molecule has 1 aliphatic heterocycles. The Balaban J connectivity index is 1.87. The highest BCUT2D eigenvalue weighted by Gasteiger charge is 2.31. The first kappa shape index (κ1) is 15.9. The van der Waals surface area contributed by atoms with Gasteiger partial charge in [0.25, 0.3) is 0 Å². The Labute approximate surface area is 121 Å². The molecule has 0 aromatic carbocycles. The van der Waals surface area contributed by atoms with Crippen LogP contribution in [0.25, 0.3) is 0 Å². The number of likely N-dealkylation sites (tertiary alicyclic amines) is 1. The number of amides is 1. The highest BCUT2D eigenvalue weighted by Crippen LogP contribution is 2.25. The van der Waals surface area contributed by atoms with Crippen LogP contribution in [0.15, 0.2) is 18.5 Å². The number of carbonyl (C=O) groups is 1. The summed E-state index contributed by atoms with van der Waals surface area (Å²) in [5.74, 6) is -0.377. The Hall–Kier alpha value is -1.53. The van der Waals surface area contributed by atoms with Crippen LogP contribution >= 0.6 is 0 Å². The third-order valence-corrected chi connectivity index (χ3v) is 3.82. The van der Waals surface area contributed by atoms with Crippen molar-refractivity contribution in [3.05, 3.63) is 18.5 Å². The second-order valence-corrected chi connectivity index (χ2v) is 5.41. The largest absolute Gasteiger partial charge is 0.389 e. The van der Waals surface area contributed by atoms with E-state index in [4.69, 9.17) is 0 Å². The number of aryl methyl sites for hydroxylation is 1. The summed E-state index contributed by atoms with van der Waals surface area (Å²) in [5.41, 5.74) is 0. The molecule has 1 aromatic heterocycles. The van der Waals surface area contributed by atoms with Gasteiger partial charge in [-0.25, -0.2) is 0 Å². The van der Waals surface area contributed by atoms with E-state index < -0.39 is 19.0 Å². The molecule has 1 unspecified atom stereocenters. The smallest absolute Gasteiger partial charge is 0.340 e. The Morgan fingerprint density at radius 2 is 2.14 bits per heavy atom. The fourth-order valence-corrected chi connectivity index (χ4v) is 2.74. The van der Waals surface area contributed by atoms with Crippen molar-refractivity contribution in [3.63, 3.8) is 0 Å². The zero-order chi connectivity index (χ0) is 15.3. The lowest BCUT2D eigenvalue weighted by molar-refractivity contribution is -0.151. The van der Waals surface area contributed by atoms with Crippen LogP contribution in [0.1, 0.15) is 38.5 Å². The molecule has 118 valence electrons. The van der Waals surface area contributed by atoms with E-state index in [0.717, 1.165) is 25.7 Å². The molecular formula is C14H20F3N3O. The van der Waals surface area contributed by atoms with Crippen molar-refractivity contribution in [2.24, 2.45) is 0 Å². The number of piperidine rings is 1. The predicted molar refractivity (Wildman–Crippen MR) is 71.5 cm³/mol. The summed E-state index contributed by atoms with van der Waals surface area (Å²) in [4.78, 5) is 13.7. The highest BCUT2D eigenvalue weighted by atomic mass is 19.4. The lowest BCUT2D eigenvalue weighted by Gasteiger charge is -2.36. The minimum absolute atomic E-state index is 0.0312. The van der Waals surface area contributed by atoms with Gasteiger partial charge in [-0.15, -0.1) is 0 Å². The fourth-order valence-electron chi connectivity index (χ4n) is 2.74. The maximum Gasteiger partial charge on any atom is 0.389 e. The van der Waals surface area contributed by atoms with Crippen LogP contribution in [0, 0.1) is 0 Å². The third kappa shape index (κ3) is 5.06. The van der Waals surface area contributed by atoms with E-state index in [1.54, 1.807) is 15.8 Å². The molecule has 21 heavy (non-hydrogen) atoms. The van der Waals surface area contributed by atoms with Crippen molar-refractivity contribution in [2.75, 3.05) is 6.54 Å². The zero-order valence-electron chi connectivity index (χ0n) is 11.9. The Morgan fingerprint density at radius 1 is 1.33 bits per heavy atom. The summed E-state index contributed by atoms with van der Waals surface area (Å²) in [5, 5.41) is 4.10. The van der Waals surface area contributed by atoms with E-state index >= 15 is 0 Å². The average Bonchev–Trinajstić information content (AvgIpc) is 2.95. The average molecular weight is 303 g/mol. The third-order valence-electron chi connectivity index (χ3n) is 3.82. The molecule has 1 atom stereocenters.